The lowest BCUT2D eigenvalue weighted by atomic mass is 9.74. The predicted molar refractivity (Wildman–Crippen MR) is 288 cm³/mol. The van der Waals surface area contributed by atoms with E-state index in [1.165, 1.54) is 31.2 Å². The molecule has 0 aromatic heterocycles. The zero-order valence-corrected chi connectivity index (χ0v) is 44.2. The van der Waals surface area contributed by atoms with Gasteiger partial charge in [0.2, 0.25) is 10.0 Å². The van der Waals surface area contributed by atoms with Crippen molar-refractivity contribution in [3.63, 3.8) is 0 Å². The average molecular weight is 1070 g/mol. The number of hydrogen-bond acceptors (Lipinski definition) is 9. The van der Waals surface area contributed by atoms with Crippen molar-refractivity contribution in [2.24, 2.45) is 0 Å². The highest BCUT2D eigenvalue weighted by Crippen LogP contribution is 2.47. The minimum Gasteiger partial charge on any atom is -0.460 e. The Hall–Kier alpha value is -6.10. The van der Waals surface area contributed by atoms with Gasteiger partial charge in [0.05, 0.1) is 17.3 Å². The van der Waals surface area contributed by atoms with Crippen molar-refractivity contribution in [3.05, 3.63) is 237 Å². The zero-order valence-electron chi connectivity index (χ0n) is 40.8. The molecule has 1 aliphatic rings. The van der Waals surface area contributed by atoms with Gasteiger partial charge in [0, 0.05) is 48.6 Å². The largest absolute Gasteiger partial charge is 0.460 e. The van der Waals surface area contributed by atoms with Gasteiger partial charge in [0.15, 0.2) is 13.0 Å². The van der Waals surface area contributed by atoms with E-state index >= 15 is 0 Å². The van der Waals surface area contributed by atoms with Crippen molar-refractivity contribution in [3.8, 4) is 0 Å². The summed E-state index contributed by atoms with van der Waals surface area (Å²) < 4.78 is 45.9. The highest BCUT2D eigenvalue weighted by Gasteiger charge is 2.57. The third kappa shape index (κ3) is 10.5. The Morgan fingerprint density at radius 3 is 1.64 bits per heavy atom. The molecule has 5 atom stereocenters. The van der Waals surface area contributed by atoms with Crippen molar-refractivity contribution >= 4 is 56.1 Å². The number of carbonyl (C=O) groups excluding carboxylic acids is 1. The minimum atomic E-state index is -4.42. The SMILES string of the molecule is CC(=O)O[C@@H](CCN1[C@H](COC(c2ccccc2)(c2ccccc2)c2ccccc2)[C@H](c2ccc(Br)cc2)[C@@H]1CNS(=O)(=O)c1ccccc1[N+](=O)[O-])C(O)[Si](c1ccccc1)(c1ccccc1)C(C)(C)C. The van der Waals surface area contributed by atoms with Crippen LogP contribution in [0.25, 0.3) is 0 Å². The van der Waals surface area contributed by atoms with Crippen LogP contribution in [0.2, 0.25) is 5.04 Å². The van der Waals surface area contributed by atoms with Gasteiger partial charge in [0.1, 0.15) is 11.7 Å². The van der Waals surface area contributed by atoms with Gasteiger partial charge in [-0.25, -0.2) is 13.1 Å². The molecule has 1 unspecified atom stereocenters. The van der Waals surface area contributed by atoms with Gasteiger partial charge >= 0.3 is 5.97 Å². The quantitative estimate of drug-likeness (QED) is 0.0250. The Balaban J connectivity index is 1.25. The number of nitrogens with zero attached hydrogens (tertiary/aromatic N) is 2. The van der Waals surface area contributed by atoms with Gasteiger partial charge in [-0.2, -0.15) is 0 Å². The fourth-order valence-corrected chi connectivity index (χ4v) is 18.4. The van der Waals surface area contributed by atoms with Crippen LogP contribution in [0, 0.1) is 10.1 Å². The van der Waals surface area contributed by atoms with Crippen LogP contribution < -0.4 is 15.1 Å². The van der Waals surface area contributed by atoms with E-state index in [0.717, 1.165) is 37.1 Å². The van der Waals surface area contributed by atoms with E-state index in [9.17, 15) is 28.4 Å². The summed E-state index contributed by atoms with van der Waals surface area (Å²) in [5, 5.41) is 26.9. The standard InChI is InChI=1S/C58H60BrN3O8SSi/c1-42(63)70-53(56(64)72(57(2,3)4,48-28-16-8-17-29-48)49-30-18-9-19-31-49)38-39-61-51(40-60-71(67,68)54-33-21-20-32-50(54)62(65)66)55(43-34-36-47(59)37-35-43)52(61)41-69-58(44-22-10-5-11-23-44,45-24-12-6-13-25-45)46-26-14-7-15-27-46/h5-37,51-53,55-56,60,64H,38-41H2,1-4H3/t51-,52+,53-,55+,56?/m0/s1. The summed E-state index contributed by atoms with van der Waals surface area (Å²) in [6.45, 7) is 8.00. The summed E-state index contributed by atoms with van der Waals surface area (Å²) >= 11 is 3.61. The average Bonchev–Trinajstić information content (AvgIpc) is 3.38. The van der Waals surface area contributed by atoms with Crippen LogP contribution in [0.1, 0.15) is 62.3 Å². The Kier molecular flexibility index (Phi) is 16.2. The molecule has 2 N–H and O–H groups in total. The molecule has 7 aromatic carbocycles. The molecule has 1 fully saturated rings. The molecule has 0 radical (unpaired) electrons. The highest BCUT2D eigenvalue weighted by atomic mass is 79.9. The van der Waals surface area contributed by atoms with E-state index in [2.05, 4.69) is 107 Å². The molecule has 0 aliphatic carbocycles. The summed E-state index contributed by atoms with van der Waals surface area (Å²) in [5.74, 6) is -0.888. The predicted octanol–water partition coefficient (Wildman–Crippen LogP) is 9.77. The molecule has 72 heavy (non-hydrogen) atoms. The Labute approximate surface area is 432 Å². The fraction of sp³-hybridized carbons (Fsp3) is 0.259. The van der Waals surface area contributed by atoms with Crippen molar-refractivity contribution < 1.29 is 32.7 Å². The number of rotatable bonds is 20. The van der Waals surface area contributed by atoms with Crippen LogP contribution in [0.15, 0.2) is 210 Å². The molecule has 1 heterocycles. The number of ether oxygens (including phenoxy) is 2. The van der Waals surface area contributed by atoms with E-state index in [0.29, 0.717) is 0 Å². The molecule has 8 rings (SSSR count). The molecule has 0 bridgehead atoms. The van der Waals surface area contributed by atoms with Crippen LogP contribution in [-0.4, -0.2) is 81.0 Å². The van der Waals surface area contributed by atoms with E-state index < -0.39 is 74.1 Å². The molecule has 1 saturated heterocycles. The Morgan fingerprint density at radius 1 is 0.722 bits per heavy atom. The first kappa shape index (κ1) is 52.2. The number of hydrogen-bond donors (Lipinski definition) is 2. The number of aliphatic hydroxyl groups excluding tert-OH is 1. The van der Waals surface area contributed by atoms with Crippen LogP contribution in [0.5, 0.6) is 0 Å². The van der Waals surface area contributed by atoms with Crippen molar-refractivity contribution in [1.82, 2.24) is 9.62 Å². The van der Waals surface area contributed by atoms with Gasteiger partial charge in [-0.1, -0.05) is 223 Å². The Morgan fingerprint density at radius 2 is 1.18 bits per heavy atom. The number of halogens is 1. The number of para-hydroxylation sites is 1. The molecular formula is C58H60BrN3O8SSi. The first-order valence-electron chi connectivity index (χ1n) is 24.1. The van der Waals surface area contributed by atoms with Crippen LogP contribution in [0.3, 0.4) is 0 Å². The van der Waals surface area contributed by atoms with Gasteiger partial charge in [-0.3, -0.25) is 19.8 Å². The van der Waals surface area contributed by atoms with Crippen LogP contribution in [-0.2, 0) is 29.9 Å². The lowest BCUT2D eigenvalue weighted by Crippen LogP contribution is -2.74. The van der Waals surface area contributed by atoms with E-state index in [-0.39, 0.29) is 32.0 Å². The topological polar surface area (TPSA) is 148 Å². The number of esters is 1. The molecule has 11 nitrogen and oxygen atoms in total. The second kappa shape index (κ2) is 22.3. The summed E-state index contributed by atoms with van der Waals surface area (Å²) in [6.07, 6.45) is -0.827. The third-order valence-electron chi connectivity index (χ3n) is 14.2. The van der Waals surface area contributed by atoms with Gasteiger partial charge in [0.25, 0.3) is 5.69 Å². The number of nitrogens with one attached hydrogen (secondary N) is 1. The van der Waals surface area contributed by atoms with Crippen LogP contribution >= 0.6 is 15.9 Å². The number of nitro groups is 1. The second-order valence-electron chi connectivity index (χ2n) is 19.3. The van der Waals surface area contributed by atoms with Crippen molar-refractivity contribution in [1.29, 1.82) is 0 Å². The molecule has 1 aliphatic heterocycles. The maximum atomic E-state index is 14.2. The van der Waals surface area contributed by atoms with Gasteiger partial charge in [-0.05, 0) is 51.9 Å². The van der Waals surface area contributed by atoms with E-state index in [4.69, 9.17) is 9.47 Å². The Bertz CT molecular complexity index is 2890. The molecule has 7 aromatic rings. The number of carbonyl (C=O) groups is 1. The lowest BCUT2D eigenvalue weighted by molar-refractivity contribution is -0.387. The summed E-state index contributed by atoms with van der Waals surface area (Å²) in [4.78, 5) is 26.4. The zero-order chi connectivity index (χ0) is 51.1. The number of benzene rings is 7. The second-order valence-corrected chi connectivity index (χ2v) is 26.8. The van der Waals surface area contributed by atoms with Gasteiger partial charge in [-0.15, -0.1) is 0 Å². The fourth-order valence-electron chi connectivity index (χ4n) is 11.1. The molecule has 372 valence electrons. The summed E-state index contributed by atoms with van der Waals surface area (Å²) in [5.41, 5.74) is 0.875. The van der Waals surface area contributed by atoms with Crippen molar-refractivity contribution in [2.45, 2.75) is 79.5 Å². The minimum absolute atomic E-state index is 0.137. The van der Waals surface area contributed by atoms with Crippen molar-refractivity contribution in [2.75, 3.05) is 19.7 Å². The maximum Gasteiger partial charge on any atom is 0.302 e. The van der Waals surface area contributed by atoms with E-state index in [1.807, 2.05) is 115 Å². The number of aliphatic hydroxyl groups is 1. The molecule has 14 heteroatoms. The monoisotopic (exact) mass is 1070 g/mol. The number of sulfonamides is 1. The normalized spacial score (nSPS) is 17.3. The highest BCUT2D eigenvalue weighted by molar-refractivity contribution is 9.10. The molecule has 0 amide bonds. The van der Waals surface area contributed by atoms with Crippen LogP contribution in [0.4, 0.5) is 5.69 Å². The lowest BCUT2D eigenvalue weighted by Gasteiger charge is -2.57. The number of likely N-dealkylation sites (tertiary alicyclic amines) is 1. The van der Waals surface area contributed by atoms with E-state index in [1.54, 1.807) is 0 Å². The first-order chi connectivity index (χ1) is 34.6. The third-order valence-corrected chi connectivity index (χ3v) is 22.3. The summed E-state index contributed by atoms with van der Waals surface area (Å²) in [6, 6.07) is 62.5. The molecule has 0 spiro atoms. The first-order valence-corrected chi connectivity index (χ1v) is 28.5. The molecule has 0 saturated carbocycles. The number of nitro benzene ring substituents is 1. The smallest absolute Gasteiger partial charge is 0.302 e. The van der Waals surface area contributed by atoms with Gasteiger partial charge < -0.3 is 14.6 Å². The molecular weight excluding hydrogens is 1010 g/mol. The maximum absolute atomic E-state index is 14.2. The summed E-state index contributed by atoms with van der Waals surface area (Å²) in [7, 11) is -7.74.